The highest BCUT2D eigenvalue weighted by Crippen LogP contribution is 2.44. The molecule has 0 aromatic heterocycles. The highest BCUT2D eigenvalue weighted by atomic mass is 16.4. The van der Waals surface area contributed by atoms with Gasteiger partial charge in [0.25, 0.3) is 0 Å². The SMILES string of the molecule is CC1=CC=C(C(=O)O)CC1(C(=O)O)c1ccccc1C(C)C. The third-order valence-electron chi connectivity index (χ3n) is 4.35. The Kier molecular flexibility index (Phi) is 4.22. The number of carbonyl (C=O) groups is 2. The Balaban J connectivity index is 2.71. The van der Waals surface area contributed by atoms with Crippen molar-refractivity contribution in [2.24, 2.45) is 0 Å². The molecule has 0 saturated carbocycles. The third kappa shape index (κ3) is 2.45. The summed E-state index contributed by atoms with van der Waals surface area (Å²) in [5, 5.41) is 19.2. The molecule has 1 aromatic rings. The van der Waals surface area contributed by atoms with E-state index in [9.17, 15) is 19.8 Å². The first kappa shape index (κ1) is 16.0. The summed E-state index contributed by atoms with van der Waals surface area (Å²) in [6, 6.07) is 7.39. The molecule has 0 heterocycles. The number of hydrogen-bond acceptors (Lipinski definition) is 2. The minimum absolute atomic E-state index is 0.0380. The van der Waals surface area contributed by atoms with Crippen LogP contribution in [0.3, 0.4) is 0 Å². The minimum atomic E-state index is -1.32. The van der Waals surface area contributed by atoms with E-state index in [-0.39, 0.29) is 17.9 Å². The predicted molar refractivity (Wildman–Crippen MR) is 83.9 cm³/mol. The Labute approximate surface area is 129 Å². The summed E-state index contributed by atoms with van der Waals surface area (Å²) in [6.45, 7) is 5.76. The van der Waals surface area contributed by atoms with Crippen LogP contribution in [0.15, 0.2) is 47.6 Å². The van der Waals surface area contributed by atoms with E-state index >= 15 is 0 Å². The topological polar surface area (TPSA) is 74.6 Å². The van der Waals surface area contributed by atoms with E-state index in [2.05, 4.69) is 0 Å². The number of benzene rings is 1. The van der Waals surface area contributed by atoms with E-state index in [0.29, 0.717) is 11.1 Å². The van der Waals surface area contributed by atoms with Gasteiger partial charge in [0.15, 0.2) is 0 Å². The lowest BCUT2D eigenvalue weighted by Gasteiger charge is -2.35. The molecule has 1 aliphatic rings. The van der Waals surface area contributed by atoms with Crippen molar-refractivity contribution in [1.29, 1.82) is 0 Å². The summed E-state index contributed by atoms with van der Waals surface area (Å²) < 4.78 is 0. The zero-order valence-corrected chi connectivity index (χ0v) is 13.0. The summed E-state index contributed by atoms with van der Waals surface area (Å²) >= 11 is 0. The molecule has 0 radical (unpaired) electrons. The van der Waals surface area contributed by atoms with Gasteiger partial charge in [-0.3, -0.25) is 4.79 Å². The van der Waals surface area contributed by atoms with Crippen molar-refractivity contribution in [1.82, 2.24) is 0 Å². The van der Waals surface area contributed by atoms with Crippen LogP contribution in [0.1, 0.15) is 44.2 Å². The third-order valence-corrected chi connectivity index (χ3v) is 4.35. The predicted octanol–water partition coefficient (Wildman–Crippen LogP) is 3.49. The smallest absolute Gasteiger partial charge is 0.331 e. The molecule has 2 rings (SSSR count). The van der Waals surface area contributed by atoms with Gasteiger partial charge in [-0.2, -0.15) is 0 Å². The molecule has 22 heavy (non-hydrogen) atoms. The number of hydrogen-bond donors (Lipinski definition) is 2. The van der Waals surface area contributed by atoms with Gasteiger partial charge < -0.3 is 10.2 Å². The Hall–Kier alpha value is -2.36. The van der Waals surface area contributed by atoms with Gasteiger partial charge in [0, 0.05) is 12.0 Å². The molecule has 0 bridgehead atoms. The summed E-state index contributed by atoms with van der Waals surface area (Å²) in [6.07, 6.45) is 3.07. The summed E-state index contributed by atoms with van der Waals surface area (Å²) in [7, 11) is 0. The molecule has 4 nitrogen and oxygen atoms in total. The van der Waals surface area contributed by atoms with Gasteiger partial charge in [-0.1, -0.05) is 55.8 Å². The van der Waals surface area contributed by atoms with E-state index in [4.69, 9.17) is 0 Å². The van der Waals surface area contributed by atoms with Crippen LogP contribution < -0.4 is 0 Å². The first-order chi connectivity index (χ1) is 10.3. The summed E-state index contributed by atoms with van der Waals surface area (Å²) in [4.78, 5) is 23.5. The lowest BCUT2D eigenvalue weighted by atomic mass is 9.66. The van der Waals surface area contributed by atoms with Crippen LogP contribution in [0.25, 0.3) is 0 Å². The van der Waals surface area contributed by atoms with Crippen molar-refractivity contribution in [3.8, 4) is 0 Å². The number of carboxylic acids is 2. The van der Waals surface area contributed by atoms with Crippen molar-refractivity contribution in [3.63, 3.8) is 0 Å². The Morgan fingerprint density at radius 1 is 1.14 bits per heavy atom. The molecular formula is C18H20O4. The minimum Gasteiger partial charge on any atom is -0.480 e. The van der Waals surface area contributed by atoms with Crippen LogP contribution in [-0.2, 0) is 15.0 Å². The highest BCUT2D eigenvalue weighted by molar-refractivity contribution is 5.94. The number of aliphatic carboxylic acids is 2. The molecule has 116 valence electrons. The maximum atomic E-state index is 12.2. The van der Waals surface area contributed by atoms with Crippen molar-refractivity contribution in [3.05, 3.63) is 58.7 Å². The molecule has 2 N–H and O–H groups in total. The number of carboxylic acid groups (broad SMARTS) is 2. The molecule has 0 spiro atoms. The van der Waals surface area contributed by atoms with Crippen LogP contribution in [0.5, 0.6) is 0 Å². The first-order valence-electron chi connectivity index (χ1n) is 7.24. The second kappa shape index (κ2) is 5.79. The fourth-order valence-corrected chi connectivity index (χ4v) is 3.06. The summed E-state index contributed by atoms with van der Waals surface area (Å²) in [5.41, 5.74) is 1.07. The maximum absolute atomic E-state index is 12.2. The molecule has 4 heteroatoms. The molecule has 0 amide bonds. The molecular weight excluding hydrogens is 280 g/mol. The molecule has 1 aromatic carbocycles. The van der Waals surface area contributed by atoms with Gasteiger partial charge in [-0.15, -0.1) is 0 Å². The quantitative estimate of drug-likeness (QED) is 0.892. The van der Waals surface area contributed by atoms with Crippen molar-refractivity contribution >= 4 is 11.9 Å². The van der Waals surface area contributed by atoms with Crippen LogP contribution >= 0.6 is 0 Å². The number of rotatable bonds is 4. The van der Waals surface area contributed by atoms with E-state index < -0.39 is 17.4 Å². The molecule has 0 saturated heterocycles. The second-order valence-electron chi connectivity index (χ2n) is 5.98. The van der Waals surface area contributed by atoms with Crippen LogP contribution in [0.4, 0.5) is 0 Å². The van der Waals surface area contributed by atoms with Gasteiger partial charge in [0.2, 0.25) is 0 Å². The van der Waals surface area contributed by atoms with E-state index in [1.807, 2.05) is 26.0 Å². The average molecular weight is 300 g/mol. The van der Waals surface area contributed by atoms with Gasteiger partial charge >= 0.3 is 11.9 Å². The first-order valence-corrected chi connectivity index (χ1v) is 7.24. The zero-order valence-electron chi connectivity index (χ0n) is 13.0. The van der Waals surface area contributed by atoms with Gasteiger partial charge in [-0.05, 0) is 24.0 Å². The lowest BCUT2D eigenvalue weighted by Crippen LogP contribution is -2.40. The molecule has 0 aliphatic heterocycles. The largest absolute Gasteiger partial charge is 0.480 e. The normalized spacial score (nSPS) is 21.3. The second-order valence-corrected chi connectivity index (χ2v) is 5.98. The average Bonchev–Trinajstić information content (AvgIpc) is 2.47. The van der Waals surface area contributed by atoms with Gasteiger partial charge in [0.05, 0.1) is 0 Å². The van der Waals surface area contributed by atoms with Crippen LogP contribution in [0, 0.1) is 0 Å². The number of allylic oxidation sites excluding steroid dienone is 2. The fraction of sp³-hybridized carbons (Fsp3) is 0.333. The Morgan fingerprint density at radius 3 is 2.32 bits per heavy atom. The van der Waals surface area contributed by atoms with Crippen LogP contribution in [0.2, 0.25) is 0 Å². The van der Waals surface area contributed by atoms with Crippen molar-refractivity contribution in [2.75, 3.05) is 0 Å². The van der Waals surface area contributed by atoms with Gasteiger partial charge in [-0.25, -0.2) is 4.79 Å². The molecule has 1 aliphatic carbocycles. The highest BCUT2D eigenvalue weighted by Gasteiger charge is 2.46. The van der Waals surface area contributed by atoms with Crippen LogP contribution in [-0.4, -0.2) is 22.2 Å². The van der Waals surface area contributed by atoms with E-state index in [1.54, 1.807) is 25.1 Å². The fourth-order valence-electron chi connectivity index (χ4n) is 3.06. The lowest BCUT2D eigenvalue weighted by molar-refractivity contribution is -0.142. The van der Waals surface area contributed by atoms with E-state index in [1.165, 1.54) is 6.08 Å². The standard InChI is InChI=1S/C18H20O4/c1-11(2)14-6-4-5-7-15(14)18(17(21)22)10-13(16(19)20)9-8-12(18)3/h4-9,11H,10H2,1-3H3,(H,19,20)(H,21,22). The van der Waals surface area contributed by atoms with Crippen molar-refractivity contribution < 1.29 is 19.8 Å². The maximum Gasteiger partial charge on any atom is 0.331 e. The monoisotopic (exact) mass is 300 g/mol. The summed E-state index contributed by atoms with van der Waals surface area (Å²) in [5.74, 6) is -1.93. The molecule has 0 fully saturated rings. The Bertz CT molecular complexity index is 682. The van der Waals surface area contributed by atoms with E-state index in [0.717, 1.165) is 5.56 Å². The van der Waals surface area contributed by atoms with Gasteiger partial charge in [0.1, 0.15) is 5.41 Å². The van der Waals surface area contributed by atoms with Crippen molar-refractivity contribution in [2.45, 2.75) is 38.5 Å². The Morgan fingerprint density at radius 2 is 1.77 bits per heavy atom. The zero-order chi connectivity index (χ0) is 16.5. The molecule has 1 atom stereocenters. The molecule has 1 unspecified atom stereocenters.